The molecule has 6 atom stereocenters. The first kappa shape index (κ1) is 29.5. The topological polar surface area (TPSA) is 66.4 Å². The number of methoxy groups -OCH3 is 1. The lowest BCUT2D eigenvalue weighted by atomic mass is 9.97. The van der Waals surface area contributed by atoms with E-state index < -0.39 is 30.9 Å². The van der Waals surface area contributed by atoms with Gasteiger partial charge in [0.25, 0.3) is 0 Å². The van der Waals surface area contributed by atoms with Gasteiger partial charge in [-0.15, -0.1) is 0 Å². The molecule has 1 aromatic rings. The van der Waals surface area contributed by atoms with E-state index in [9.17, 15) is 5.11 Å². The van der Waals surface area contributed by atoms with Gasteiger partial charge >= 0.3 is 0 Å². The van der Waals surface area contributed by atoms with Gasteiger partial charge in [0.15, 0.2) is 12.6 Å². The number of hydrogen-bond acceptors (Lipinski definition) is 6. The van der Waals surface area contributed by atoms with Crippen LogP contribution in [0, 0.1) is 0 Å². The third-order valence-electron chi connectivity index (χ3n) is 7.43. The quantitative estimate of drug-likeness (QED) is 0.224. The van der Waals surface area contributed by atoms with Crippen molar-refractivity contribution in [3.05, 3.63) is 35.9 Å². The first-order chi connectivity index (χ1) is 17.7. The number of benzene rings is 1. The predicted molar refractivity (Wildman–Crippen MR) is 142 cm³/mol. The maximum Gasteiger partial charge on any atom is 0.186 e. The number of rotatable bonds is 18. The zero-order chi connectivity index (χ0) is 25.4. The highest BCUT2D eigenvalue weighted by Crippen LogP contribution is 2.35. The maximum absolute atomic E-state index is 10.8. The molecule has 0 saturated carbocycles. The van der Waals surface area contributed by atoms with E-state index in [0.717, 1.165) is 18.4 Å². The number of fused-ring (bicyclic) bond motifs is 1. The molecule has 2 saturated heterocycles. The summed E-state index contributed by atoms with van der Waals surface area (Å²) in [7, 11) is 1.59. The molecule has 2 heterocycles. The normalized spacial score (nSPS) is 28.2. The summed E-state index contributed by atoms with van der Waals surface area (Å²) in [5, 5.41) is 10.8. The van der Waals surface area contributed by atoms with Crippen molar-refractivity contribution in [3.8, 4) is 0 Å². The molecule has 2 fully saturated rings. The van der Waals surface area contributed by atoms with E-state index in [-0.39, 0.29) is 6.10 Å². The minimum atomic E-state index is -0.905. The van der Waals surface area contributed by atoms with Crippen molar-refractivity contribution < 1.29 is 28.8 Å². The van der Waals surface area contributed by atoms with Gasteiger partial charge in [-0.05, 0) is 6.42 Å². The van der Waals surface area contributed by atoms with Crippen LogP contribution in [0.1, 0.15) is 109 Å². The van der Waals surface area contributed by atoms with Gasteiger partial charge in [-0.2, -0.15) is 0 Å². The molecular weight excluding hydrogens is 456 g/mol. The third-order valence-corrected chi connectivity index (χ3v) is 7.43. The van der Waals surface area contributed by atoms with Gasteiger partial charge in [-0.1, -0.05) is 121 Å². The molecule has 0 radical (unpaired) electrons. The van der Waals surface area contributed by atoms with Crippen LogP contribution in [0.4, 0.5) is 0 Å². The minimum absolute atomic E-state index is 0.334. The summed E-state index contributed by atoms with van der Waals surface area (Å²) in [5.74, 6) is 0. The Bertz CT molecular complexity index is 671. The number of aliphatic hydroxyl groups excluding tert-OH is 1. The lowest BCUT2D eigenvalue weighted by molar-refractivity contribution is -0.363. The minimum Gasteiger partial charge on any atom is -0.385 e. The molecule has 2 aliphatic rings. The van der Waals surface area contributed by atoms with Crippen molar-refractivity contribution in [2.24, 2.45) is 0 Å². The molecular formula is C30H50O6. The van der Waals surface area contributed by atoms with Crippen molar-refractivity contribution in [2.45, 2.75) is 134 Å². The average Bonchev–Trinajstić information content (AvgIpc) is 2.91. The Morgan fingerprint density at radius 1 is 0.806 bits per heavy atom. The van der Waals surface area contributed by atoms with E-state index >= 15 is 0 Å². The van der Waals surface area contributed by atoms with Crippen LogP contribution in [0.3, 0.4) is 0 Å². The van der Waals surface area contributed by atoms with Crippen LogP contribution in [0.2, 0.25) is 0 Å². The number of hydrogen-bond donors (Lipinski definition) is 1. The number of unbranched alkanes of at least 4 members (excludes halogenated alkanes) is 13. The molecule has 0 aliphatic carbocycles. The monoisotopic (exact) mass is 506 g/mol. The van der Waals surface area contributed by atoms with Gasteiger partial charge in [-0.3, -0.25) is 0 Å². The largest absolute Gasteiger partial charge is 0.385 e. The lowest BCUT2D eigenvalue weighted by Crippen LogP contribution is -2.62. The van der Waals surface area contributed by atoms with Crippen LogP contribution in [0.5, 0.6) is 0 Å². The van der Waals surface area contributed by atoms with Gasteiger partial charge in [0.05, 0.1) is 6.61 Å². The van der Waals surface area contributed by atoms with Gasteiger partial charge < -0.3 is 28.8 Å². The zero-order valence-electron chi connectivity index (χ0n) is 22.7. The fourth-order valence-electron chi connectivity index (χ4n) is 5.25. The van der Waals surface area contributed by atoms with Crippen LogP contribution in [-0.4, -0.2) is 56.1 Å². The molecule has 206 valence electrons. The molecule has 2 aliphatic heterocycles. The van der Waals surface area contributed by atoms with Crippen LogP contribution in [-0.2, 0) is 23.7 Å². The third kappa shape index (κ3) is 9.70. The Hall–Kier alpha value is -1.02. The second-order valence-corrected chi connectivity index (χ2v) is 10.4. The Labute approximate surface area is 219 Å². The molecule has 1 N–H and O–H groups in total. The molecule has 3 rings (SSSR count). The van der Waals surface area contributed by atoms with E-state index in [4.69, 9.17) is 23.7 Å². The molecule has 1 unspecified atom stereocenters. The Morgan fingerprint density at radius 3 is 1.97 bits per heavy atom. The molecule has 0 amide bonds. The molecule has 36 heavy (non-hydrogen) atoms. The smallest absolute Gasteiger partial charge is 0.186 e. The Kier molecular flexibility index (Phi) is 14.3. The summed E-state index contributed by atoms with van der Waals surface area (Å²) < 4.78 is 29.6. The number of aliphatic hydroxyl groups is 1. The van der Waals surface area contributed by atoms with Crippen molar-refractivity contribution >= 4 is 0 Å². The highest BCUT2D eigenvalue weighted by atomic mass is 16.8. The average molecular weight is 507 g/mol. The standard InChI is InChI=1S/C30H50O6/c1-3-4-5-6-7-8-9-10-11-12-13-14-15-19-22-33-30-26(31)28(32-2)27-25(35-30)23-34-29(36-27)24-20-17-16-18-21-24/h16-18,20-21,25-31H,3-15,19,22-23H2,1-2H3/t25-,26-,27-,28-,29?,30-/m1/s1. The van der Waals surface area contributed by atoms with Gasteiger partial charge in [0.2, 0.25) is 0 Å². The van der Waals surface area contributed by atoms with E-state index in [1.165, 1.54) is 77.0 Å². The second-order valence-electron chi connectivity index (χ2n) is 10.4. The van der Waals surface area contributed by atoms with Crippen LogP contribution >= 0.6 is 0 Å². The van der Waals surface area contributed by atoms with Crippen LogP contribution in [0.25, 0.3) is 0 Å². The van der Waals surface area contributed by atoms with E-state index in [0.29, 0.717) is 13.2 Å². The van der Waals surface area contributed by atoms with Gasteiger partial charge in [0.1, 0.15) is 24.4 Å². The van der Waals surface area contributed by atoms with Crippen LogP contribution < -0.4 is 0 Å². The van der Waals surface area contributed by atoms with Crippen molar-refractivity contribution in [1.82, 2.24) is 0 Å². The van der Waals surface area contributed by atoms with E-state index in [2.05, 4.69) is 6.92 Å². The first-order valence-electron chi connectivity index (χ1n) is 14.5. The molecule has 1 aromatic carbocycles. The number of ether oxygens (including phenoxy) is 5. The SMILES string of the molecule is CCCCCCCCCCCCCCCCO[C@@H]1O[C@@H]2COC(c3ccccc3)O[C@H]2[C@H](OC)[C@H]1O. The summed E-state index contributed by atoms with van der Waals surface area (Å²) in [5.41, 5.74) is 0.941. The Morgan fingerprint density at radius 2 is 1.39 bits per heavy atom. The highest BCUT2D eigenvalue weighted by Gasteiger charge is 2.50. The van der Waals surface area contributed by atoms with Gasteiger partial charge in [-0.25, -0.2) is 0 Å². The highest BCUT2D eigenvalue weighted by molar-refractivity contribution is 5.16. The molecule has 0 bridgehead atoms. The maximum atomic E-state index is 10.8. The van der Waals surface area contributed by atoms with E-state index in [1.807, 2.05) is 30.3 Å². The fourth-order valence-corrected chi connectivity index (χ4v) is 5.25. The van der Waals surface area contributed by atoms with Crippen molar-refractivity contribution in [1.29, 1.82) is 0 Å². The van der Waals surface area contributed by atoms with Crippen molar-refractivity contribution in [3.63, 3.8) is 0 Å². The van der Waals surface area contributed by atoms with Crippen molar-refractivity contribution in [2.75, 3.05) is 20.3 Å². The summed E-state index contributed by atoms with van der Waals surface area (Å²) in [6.07, 6.45) is 15.1. The summed E-state index contributed by atoms with van der Waals surface area (Å²) in [6, 6.07) is 9.80. The first-order valence-corrected chi connectivity index (χ1v) is 14.5. The Balaban J connectivity index is 1.24. The second kappa shape index (κ2) is 17.5. The molecule has 6 nitrogen and oxygen atoms in total. The van der Waals surface area contributed by atoms with Gasteiger partial charge in [0, 0.05) is 19.3 Å². The lowest BCUT2D eigenvalue weighted by Gasteiger charge is -2.47. The summed E-state index contributed by atoms with van der Waals surface area (Å²) >= 11 is 0. The molecule has 0 aromatic heterocycles. The molecule has 6 heteroatoms. The predicted octanol–water partition coefficient (Wildman–Crippen LogP) is 6.70. The fraction of sp³-hybridized carbons (Fsp3) is 0.800. The molecule has 0 spiro atoms. The van der Waals surface area contributed by atoms with Crippen LogP contribution in [0.15, 0.2) is 30.3 Å². The van der Waals surface area contributed by atoms with E-state index in [1.54, 1.807) is 7.11 Å². The summed E-state index contributed by atoms with van der Waals surface area (Å²) in [4.78, 5) is 0. The zero-order valence-corrected chi connectivity index (χ0v) is 22.7. The summed E-state index contributed by atoms with van der Waals surface area (Å²) in [6.45, 7) is 3.22.